The number of nitrogens with one attached hydrogen (secondary N) is 1. The van der Waals surface area contributed by atoms with Gasteiger partial charge in [0.2, 0.25) is 0 Å². The number of rotatable bonds is 5. The maximum Gasteiger partial charge on any atom is 0.129 e. The van der Waals surface area contributed by atoms with Crippen LogP contribution in [0.15, 0.2) is 36.7 Å². The number of aliphatic hydroxyl groups excluding tert-OH is 1. The molecule has 3 N–H and O–H groups in total. The average molecular weight is 271 g/mol. The van der Waals surface area contributed by atoms with Crippen molar-refractivity contribution in [1.82, 2.24) is 9.97 Å². The van der Waals surface area contributed by atoms with Crippen molar-refractivity contribution in [2.75, 3.05) is 11.9 Å². The summed E-state index contributed by atoms with van der Waals surface area (Å²) in [6, 6.07) is 8.48. The zero-order chi connectivity index (χ0) is 13.9. The normalized spacial score (nSPS) is 15.8. The molecule has 3 rings (SSSR count). The van der Waals surface area contributed by atoms with Crippen LogP contribution < -0.4 is 5.32 Å². The van der Waals surface area contributed by atoms with E-state index in [9.17, 15) is 10.2 Å². The van der Waals surface area contributed by atoms with Crippen LogP contribution in [-0.2, 0) is 0 Å². The van der Waals surface area contributed by atoms with Crippen molar-refractivity contribution < 1.29 is 10.2 Å². The third-order valence-corrected chi connectivity index (χ3v) is 3.44. The molecule has 1 heterocycles. The Kier molecular flexibility index (Phi) is 3.52. The van der Waals surface area contributed by atoms with E-state index in [1.165, 1.54) is 12.8 Å². The first kappa shape index (κ1) is 12.9. The summed E-state index contributed by atoms with van der Waals surface area (Å²) in [5.41, 5.74) is 1.83. The van der Waals surface area contributed by atoms with Crippen LogP contribution in [-0.4, -0.2) is 26.7 Å². The summed E-state index contributed by atoms with van der Waals surface area (Å²) in [7, 11) is 0. The van der Waals surface area contributed by atoms with Crippen LogP contribution in [0.4, 0.5) is 5.82 Å². The summed E-state index contributed by atoms with van der Waals surface area (Å²) >= 11 is 0. The van der Waals surface area contributed by atoms with Gasteiger partial charge in [0, 0.05) is 24.2 Å². The quantitative estimate of drug-likeness (QED) is 0.777. The fourth-order valence-corrected chi connectivity index (χ4v) is 2.09. The lowest BCUT2D eigenvalue weighted by Crippen LogP contribution is -2.13. The van der Waals surface area contributed by atoms with Crippen molar-refractivity contribution >= 4 is 5.82 Å². The Morgan fingerprint density at radius 2 is 1.95 bits per heavy atom. The van der Waals surface area contributed by atoms with Crippen LogP contribution in [0.25, 0.3) is 0 Å². The molecular weight excluding hydrogens is 254 g/mol. The topological polar surface area (TPSA) is 78.3 Å². The Labute approximate surface area is 117 Å². The number of phenolic OH excluding ortho intramolecular Hbond substituents is 1. The average Bonchev–Trinajstić information content (AvgIpc) is 3.30. The van der Waals surface area contributed by atoms with Crippen molar-refractivity contribution in [2.45, 2.75) is 24.9 Å². The second kappa shape index (κ2) is 5.46. The van der Waals surface area contributed by atoms with Crippen molar-refractivity contribution in [2.24, 2.45) is 0 Å². The zero-order valence-electron chi connectivity index (χ0n) is 11.0. The van der Waals surface area contributed by atoms with Gasteiger partial charge in [-0.1, -0.05) is 12.1 Å². The molecule has 5 nitrogen and oxygen atoms in total. The Morgan fingerprint density at radius 1 is 1.20 bits per heavy atom. The van der Waals surface area contributed by atoms with Crippen molar-refractivity contribution in [3.63, 3.8) is 0 Å². The molecule has 1 aliphatic carbocycles. The van der Waals surface area contributed by atoms with Crippen molar-refractivity contribution in [3.05, 3.63) is 47.9 Å². The number of phenols is 1. The van der Waals surface area contributed by atoms with Crippen LogP contribution in [0.5, 0.6) is 5.75 Å². The van der Waals surface area contributed by atoms with Gasteiger partial charge < -0.3 is 15.5 Å². The first-order valence-electron chi connectivity index (χ1n) is 6.75. The molecule has 1 fully saturated rings. The van der Waals surface area contributed by atoms with E-state index in [0.717, 1.165) is 17.1 Å². The van der Waals surface area contributed by atoms with Gasteiger partial charge in [0.25, 0.3) is 0 Å². The summed E-state index contributed by atoms with van der Waals surface area (Å²) < 4.78 is 0. The highest BCUT2D eigenvalue weighted by Gasteiger charge is 2.25. The molecule has 104 valence electrons. The van der Waals surface area contributed by atoms with Gasteiger partial charge in [-0.2, -0.15) is 0 Å². The van der Waals surface area contributed by atoms with E-state index in [1.807, 2.05) is 6.07 Å². The van der Waals surface area contributed by atoms with E-state index < -0.39 is 6.10 Å². The molecule has 20 heavy (non-hydrogen) atoms. The lowest BCUT2D eigenvalue weighted by atomic mass is 10.1. The Balaban J connectivity index is 1.61. The number of aromatic nitrogens is 2. The molecule has 0 saturated heterocycles. The Bertz CT molecular complexity index is 582. The maximum absolute atomic E-state index is 10.1. The van der Waals surface area contributed by atoms with E-state index in [4.69, 9.17) is 0 Å². The molecule has 2 aromatic rings. The molecule has 0 bridgehead atoms. The van der Waals surface area contributed by atoms with Gasteiger partial charge in [0.15, 0.2) is 0 Å². The first-order valence-corrected chi connectivity index (χ1v) is 6.75. The summed E-state index contributed by atoms with van der Waals surface area (Å²) in [6.07, 6.45) is 3.32. The van der Waals surface area contributed by atoms with E-state index in [0.29, 0.717) is 12.5 Å². The Hall–Kier alpha value is -2.14. The lowest BCUT2D eigenvalue weighted by molar-refractivity contribution is 0.191. The second-order valence-corrected chi connectivity index (χ2v) is 5.09. The molecule has 1 aromatic heterocycles. The summed E-state index contributed by atoms with van der Waals surface area (Å²) in [5.74, 6) is 1.51. The number of aromatic hydroxyl groups is 1. The van der Waals surface area contributed by atoms with Crippen LogP contribution in [0.3, 0.4) is 0 Å². The highest BCUT2D eigenvalue weighted by atomic mass is 16.3. The fraction of sp³-hybridized carbons (Fsp3) is 0.333. The van der Waals surface area contributed by atoms with E-state index in [1.54, 1.807) is 30.6 Å². The van der Waals surface area contributed by atoms with Gasteiger partial charge in [-0.25, -0.2) is 9.97 Å². The summed E-state index contributed by atoms with van der Waals surface area (Å²) in [6.45, 7) is 0.367. The van der Waals surface area contributed by atoms with Crippen LogP contribution in [0.1, 0.15) is 36.1 Å². The number of hydrogen-bond acceptors (Lipinski definition) is 5. The molecule has 0 amide bonds. The number of benzene rings is 1. The number of hydrogen-bond donors (Lipinski definition) is 3. The van der Waals surface area contributed by atoms with E-state index >= 15 is 0 Å². The minimum Gasteiger partial charge on any atom is -0.508 e. The monoisotopic (exact) mass is 271 g/mol. The summed E-state index contributed by atoms with van der Waals surface area (Å²) in [5, 5.41) is 22.4. The third kappa shape index (κ3) is 3.05. The van der Waals surface area contributed by atoms with Gasteiger partial charge >= 0.3 is 0 Å². The molecule has 0 aliphatic heterocycles. The second-order valence-electron chi connectivity index (χ2n) is 5.09. The third-order valence-electron chi connectivity index (χ3n) is 3.44. The smallest absolute Gasteiger partial charge is 0.129 e. The van der Waals surface area contributed by atoms with Gasteiger partial charge in [0.05, 0.1) is 6.10 Å². The SMILES string of the molecule is Oc1ccc([C@H](O)CNc2cc(C3CC3)ncn2)cc1. The van der Waals surface area contributed by atoms with Crippen molar-refractivity contribution in [1.29, 1.82) is 0 Å². The van der Waals surface area contributed by atoms with Crippen LogP contribution >= 0.6 is 0 Å². The maximum atomic E-state index is 10.1. The number of aliphatic hydroxyl groups is 1. The van der Waals surface area contributed by atoms with Crippen LogP contribution in [0, 0.1) is 0 Å². The van der Waals surface area contributed by atoms with E-state index in [-0.39, 0.29) is 5.75 Å². The highest BCUT2D eigenvalue weighted by molar-refractivity contribution is 5.37. The standard InChI is InChI=1S/C15H17N3O2/c19-12-5-3-11(4-6-12)14(20)8-16-15-7-13(10-1-2-10)17-9-18-15/h3-7,9-10,14,19-20H,1-2,8H2,(H,16,17,18)/t14-/m1/s1. The molecule has 0 unspecified atom stereocenters. The lowest BCUT2D eigenvalue weighted by Gasteiger charge is -2.13. The van der Waals surface area contributed by atoms with Gasteiger partial charge in [0.1, 0.15) is 17.9 Å². The molecule has 5 heteroatoms. The molecule has 1 saturated carbocycles. The van der Waals surface area contributed by atoms with Crippen molar-refractivity contribution in [3.8, 4) is 5.75 Å². The minimum atomic E-state index is -0.644. The molecule has 0 radical (unpaired) electrons. The minimum absolute atomic E-state index is 0.193. The highest BCUT2D eigenvalue weighted by Crippen LogP contribution is 2.39. The molecule has 0 spiro atoms. The molecule has 1 aliphatic rings. The molecular formula is C15H17N3O2. The first-order chi connectivity index (χ1) is 9.72. The largest absolute Gasteiger partial charge is 0.508 e. The number of anilines is 1. The number of nitrogens with zero attached hydrogens (tertiary/aromatic N) is 2. The molecule has 1 atom stereocenters. The van der Waals surface area contributed by atoms with Gasteiger partial charge in [-0.05, 0) is 30.5 Å². The predicted molar refractivity (Wildman–Crippen MR) is 75.6 cm³/mol. The van der Waals surface area contributed by atoms with Gasteiger partial charge in [-0.3, -0.25) is 0 Å². The zero-order valence-corrected chi connectivity index (χ0v) is 11.0. The summed E-state index contributed by atoms with van der Waals surface area (Å²) in [4.78, 5) is 8.41. The Morgan fingerprint density at radius 3 is 2.65 bits per heavy atom. The fourth-order valence-electron chi connectivity index (χ4n) is 2.09. The predicted octanol–water partition coefficient (Wildman–Crippen LogP) is 2.21. The van der Waals surface area contributed by atoms with Crippen LogP contribution in [0.2, 0.25) is 0 Å². The van der Waals surface area contributed by atoms with Gasteiger partial charge in [-0.15, -0.1) is 0 Å². The van der Waals surface area contributed by atoms with E-state index in [2.05, 4.69) is 15.3 Å². The molecule has 1 aromatic carbocycles.